The van der Waals surface area contributed by atoms with Crippen molar-refractivity contribution in [3.8, 4) is 0 Å². The van der Waals surface area contributed by atoms with E-state index in [0.717, 1.165) is 12.3 Å². The summed E-state index contributed by atoms with van der Waals surface area (Å²) in [6.45, 7) is 0.178. The van der Waals surface area contributed by atoms with E-state index in [9.17, 15) is 14.0 Å². The van der Waals surface area contributed by atoms with Gasteiger partial charge in [0.05, 0.1) is 11.1 Å². The number of carboxylic acids is 1. The van der Waals surface area contributed by atoms with Crippen LogP contribution in [0.25, 0.3) is 0 Å². The van der Waals surface area contributed by atoms with E-state index < -0.39 is 17.8 Å². The second kappa shape index (κ2) is 5.92. The number of amides is 1. The van der Waals surface area contributed by atoms with Crippen LogP contribution < -0.4 is 5.32 Å². The van der Waals surface area contributed by atoms with E-state index >= 15 is 0 Å². The average Bonchev–Trinajstić information content (AvgIpc) is 2.46. The van der Waals surface area contributed by atoms with Crippen molar-refractivity contribution in [3.63, 3.8) is 0 Å². The second-order valence-electron chi connectivity index (χ2n) is 4.06. The van der Waals surface area contributed by atoms with Gasteiger partial charge in [-0.15, -0.1) is 0 Å². The van der Waals surface area contributed by atoms with Gasteiger partial charge in [-0.3, -0.25) is 4.79 Å². The number of hydrogen-bond acceptors (Lipinski definition) is 3. The van der Waals surface area contributed by atoms with E-state index in [1.54, 1.807) is 12.1 Å². The number of rotatable bonds is 4. The fraction of sp³-hybridized carbons (Fsp3) is 0.0714. The molecular weight excluding hydrogens is 263 g/mol. The number of aromatic carboxylic acids is 1. The van der Waals surface area contributed by atoms with Crippen LogP contribution in [0.1, 0.15) is 26.3 Å². The molecule has 2 rings (SSSR count). The highest BCUT2D eigenvalue weighted by Gasteiger charge is 2.07. The van der Waals surface area contributed by atoms with Crippen LogP contribution in [-0.2, 0) is 6.54 Å². The van der Waals surface area contributed by atoms with Gasteiger partial charge in [-0.05, 0) is 29.8 Å². The molecule has 6 heteroatoms. The summed E-state index contributed by atoms with van der Waals surface area (Å²) in [4.78, 5) is 26.0. The highest BCUT2D eigenvalue weighted by molar-refractivity contribution is 5.93. The molecule has 1 heterocycles. The number of carbonyl (C=O) groups excluding carboxylic acids is 1. The number of hydrogen-bond donors (Lipinski definition) is 2. The molecule has 2 aromatic rings. The zero-order chi connectivity index (χ0) is 14.5. The van der Waals surface area contributed by atoms with Crippen molar-refractivity contribution in [2.75, 3.05) is 0 Å². The van der Waals surface area contributed by atoms with Gasteiger partial charge in [0, 0.05) is 12.7 Å². The van der Waals surface area contributed by atoms with Gasteiger partial charge in [0.15, 0.2) is 0 Å². The van der Waals surface area contributed by atoms with Crippen LogP contribution >= 0.6 is 0 Å². The number of benzene rings is 1. The lowest BCUT2D eigenvalue weighted by Gasteiger charge is -2.06. The maximum Gasteiger partial charge on any atom is 0.335 e. The van der Waals surface area contributed by atoms with Crippen LogP contribution in [0.15, 0.2) is 42.6 Å². The Kier molecular flexibility index (Phi) is 4.05. The molecular formula is C14H11FN2O3. The summed E-state index contributed by atoms with van der Waals surface area (Å²) in [5, 5.41) is 11.5. The van der Waals surface area contributed by atoms with Crippen LogP contribution in [0, 0.1) is 5.95 Å². The maximum atomic E-state index is 12.6. The average molecular weight is 274 g/mol. The van der Waals surface area contributed by atoms with E-state index in [4.69, 9.17) is 5.11 Å². The molecule has 0 radical (unpaired) electrons. The molecule has 102 valence electrons. The minimum Gasteiger partial charge on any atom is -0.478 e. The van der Waals surface area contributed by atoms with E-state index in [1.165, 1.54) is 18.2 Å². The first-order valence-corrected chi connectivity index (χ1v) is 5.78. The Labute approximate surface area is 114 Å². The fourth-order valence-electron chi connectivity index (χ4n) is 1.61. The molecule has 0 unspecified atom stereocenters. The molecule has 1 aromatic carbocycles. The predicted octanol–water partition coefficient (Wildman–Crippen LogP) is 1.85. The number of halogens is 1. The standard InChI is InChI=1S/C14H11FN2O3/c15-12-5-4-11(8-16-12)13(18)17-7-9-2-1-3-10(6-9)14(19)20/h1-6,8H,7H2,(H,17,18)(H,19,20). The molecule has 0 atom stereocenters. The number of nitrogens with one attached hydrogen (secondary N) is 1. The Balaban J connectivity index is 2.01. The van der Waals surface area contributed by atoms with E-state index in [2.05, 4.69) is 10.3 Å². The quantitative estimate of drug-likeness (QED) is 0.834. The van der Waals surface area contributed by atoms with Crippen molar-refractivity contribution in [3.05, 3.63) is 65.2 Å². The molecule has 0 bridgehead atoms. The van der Waals surface area contributed by atoms with Gasteiger partial charge in [-0.2, -0.15) is 4.39 Å². The monoisotopic (exact) mass is 274 g/mol. The van der Waals surface area contributed by atoms with Gasteiger partial charge in [0.2, 0.25) is 5.95 Å². The lowest BCUT2D eigenvalue weighted by Crippen LogP contribution is -2.23. The molecule has 0 spiro atoms. The van der Waals surface area contributed by atoms with Gasteiger partial charge >= 0.3 is 5.97 Å². The lowest BCUT2D eigenvalue weighted by atomic mass is 10.1. The molecule has 1 amide bonds. The Morgan fingerprint density at radius 3 is 2.65 bits per heavy atom. The second-order valence-corrected chi connectivity index (χ2v) is 4.06. The molecule has 5 nitrogen and oxygen atoms in total. The Hall–Kier alpha value is -2.76. The SMILES string of the molecule is O=C(O)c1cccc(CNC(=O)c2ccc(F)nc2)c1. The first-order valence-electron chi connectivity index (χ1n) is 5.78. The number of carbonyl (C=O) groups is 2. The zero-order valence-electron chi connectivity index (χ0n) is 10.3. The largest absolute Gasteiger partial charge is 0.478 e. The summed E-state index contributed by atoms with van der Waals surface area (Å²) in [6.07, 6.45) is 1.14. The molecule has 0 saturated carbocycles. The molecule has 1 aromatic heterocycles. The number of nitrogens with zero attached hydrogens (tertiary/aromatic N) is 1. The van der Waals surface area contributed by atoms with Gasteiger partial charge in [-0.1, -0.05) is 12.1 Å². The minimum absolute atomic E-state index is 0.153. The van der Waals surface area contributed by atoms with Crippen LogP contribution in [0.2, 0.25) is 0 Å². The number of carboxylic acid groups (broad SMARTS) is 1. The minimum atomic E-state index is -1.03. The van der Waals surface area contributed by atoms with E-state index in [-0.39, 0.29) is 17.7 Å². The molecule has 20 heavy (non-hydrogen) atoms. The molecule has 0 saturated heterocycles. The normalized spacial score (nSPS) is 10.1. The summed E-state index contributed by atoms with van der Waals surface area (Å²) < 4.78 is 12.6. The fourth-order valence-corrected chi connectivity index (χ4v) is 1.61. The highest BCUT2D eigenvalue weighted by atomic mass is 19.1. The molecule has 0 aliphatic heterocycles. The Bertz CT molecular complexity index is 641. The van der Waals surface area contributed by atoms with Gasteiger partial charge in [0.25, 0.3) is 5.91 Å². The van der Waals surface area contributed by atoms with E-state index in [0.29, 0.717) is 5.56 Å². The first-order chi connectivity index (χ1) is 9.56. The molecule has 0 aliphatic rings. The van der Waals surface area contributed by atoms with Gasteiger partial charge in [-0.25, -0.2) is 9.78 Å². The summed E-state index contributed by atoms with van der Waals surface area (Å²) in [5.74, 6) is -2.09. The van der Waals surface area contributed by atoms with Crippen LogP contribution in [0.5, 0.6) is 0 Å². The van der Waals surface area contributed by atoms with Gasteiger partial charge < -0.3 is 10.4 Å². The summed E-state index contributed by atoms with van der Waals surface area (Å²) in [5.41, 5.74) is 1.05. The van der Waals surface area contributed by atoms with Crippen molar-refractivity contribution < 1.29 is 19.1 Å². The third kappa shape index (κ3) is 3.38. The third-order valence-electron chi connectivity index (χ3n) is 2.62. The van der Waals surface area contributed by atoms with Crippen molar-refractivity contribution in [1.29, 1.82) is 0 Å². The summed E-state index contributed by atoms with van der Waals surface area (Å²) in [6, 6.07) is 8.67. The first kappa shape index (κ1) is 13.7. The van der Waals surface area contributed by atoms with Crippen molar-refractivity contribution >= 4 is 11.9 Å². The summed E-state index contributed by atoms with van der Waals surface area (Å²) in [7, 11) is 0. The smallest absolute Gasteiger partial charge is 0.335 e. The van der Waals surface area contributed by atoms with Gasteiger partial charge in [0.1, 0.15) is 0 Å². The highest BCUT2D eigenvalue weighted by Crippen LogP contribution is 2.06. The number of pyridine rings is 1. The zero-order valence-corrected chi connectivity index (χ0v) is 10.3. The maximum absolute atomic E-state index is 12.6. The van der Waals surface area contributed by atoms with Crippen molar-refractivity contribution in [2.45, 2.75) is 6.54 Å². The van der Waals surface area contributed by atoms with Crippen LogP contribution in [0.3, 0.4) is 0 Å². The predicted molar refractivity (Wildman–Crippen MR) is 68.8 cm³/mol. The van der Waals surface area contributed by atoms with Crippen LogP contribution in [0.4, 0.5) is 4.39 Å². The molecule has 0 fully saturated rings. The Morgan fingerprint density at radius 1 is 1.20 bits per heavy atom. The van der Waals surface area contributed by atoms with Crippen LogP contribution in [-0.4, -0.2) is 22.0 Å². The summed E-state index contributed by atoms with van der Waals surface area (Å²) >= 11 is 0. The van der Waals surface area contributed by atoms with E-state index in [1.807, 2.05) is 0 Å². The van der Waals surface area contributed by atoms with Crippen molar-refractivity contribution in [2.24, 2.45) is 0 Å². The number of aromatic nitrogens is 1. The van der Waals surface area contributed by atoms with Crippen molar-refractivity contribution in [1.82, 2.24) is 10.3 Å². The topological polar surface area (TPSA) is 79.3 Å². The molecule has 0 aliphatic carbocycles. The lowest BCUT2D eigenvalue weighted by molar-refractivity contribution is 0.0696. The molecule has 2 N–H and O–H groups in total. The third-order valence-corrected chi connectivity index (χ3v) is 2.62. The Morgan fingerprint density at radius 2 is 2.00 bits per heavy atom.